The lowest BCUT2D eigenvalue weighted by Crippen LogP contribution is -2.02. The van der Waals surface area contributed by atoms with E-state index < -0.39 is 0 Å². The molecular formula is C15H14N4OS. The first kappa shape index (κ1) is 13.6. The van der Waals surface area contributed by atoms with Crippen molar-refractivity contribution in [1.82, 2.24) is 4.98 Å². The number of Topliss-reactive ketones (excluding diaryl/α,β-unsaturated/α-hetero) is 1. The minimum absolute atomic E-state index is 0.0750. The smallest absolute Gasteiger partial charge is 0.178 e. The Morgan fingerprint density at radius 1 is 1.48 bits per heavy atom. The highest BCUT2D eigenvalue weighted by atomic mass is 32.1. The average molecular weight is 298 g/mol. The van der Waals surface area contributed by atoms with Crippen molar-refractivity contribution in [2.45, 2.75) is 19.4 Å². The van der Waals surface area contributed by atoms with Gasteiger partial charge in [-0.3, -0.25) is 9.78 Å². The monoisotopic (exact) mass is 298 g/mol. The summed E-state index contributed by atoms with van der Waals surface area (Å²) >= 11 is 1.28. The molecule has 1 aliphatic rings. The van der Waals surface area contributed by atoms with E-state index in [0.717, 1.165) is 18.4 Å². The van der Waals surface area contributed by atoms with Crippen molar-refractivity contribution in [2.24, 2.45) is 5.92 Å². The fourth-order valence-electron chi connectivity index (χ4n) is 2.08. The van der Waals surface area contributed by atoms with Crippen molar-refractivity contribution in [3.8, 4) is 6.07 Å². The Labute approximate surface area is 126 Å². The molecule has 3 N–H and O–H groups in total. The van der Waals surface area contributed by atoms with E-state index in [1.807, 2.05) is 12.1 Å². The van der Waals surface area contributed by atoms with Gasteiger partial charge in [0.15, 0.2) is 5.78 Å². The highest BCUT2D eigenvalue weighted by molar-refractivity contribution is 7.19. The van der Waals surface area contributed by atoms with Gasteiger partial charge in [0, 0.05) is 24.9 Å². The van der Waals surface area contributed by atoms with E-state index >= 15 is 0 Å². The number of hydrogen-bond acceptors (Lipinski definition) is 6. The molecule has 3 rings (SSSR count). The van der Waals surface area contributed by atoms with E-state index in [1.165, 1.54) is 11.3 Å². The molecule has 1 aliphatic carbocycles. The van der Waals surface area contributed by atoms with E-state index in [4.69, 9.17) is 5.73 Å². The summed E-state index contributed by atoms with van der Waals surface area (Å²) in [6.07, 6.45) is 5.29. The summed E-state index contributed by atoms with van der Waals surface area (Å²) in [7, 11) is 0. The second-order valence-electron chi connectivity index (χ2n) is 5.01. The summed E-state index contributed by atoms with van der Waals surface area (Å²) in [6, 6.07) is 5.88. The van der Waals surface area contributed by atoms with Gasteiger partial charge in [-0.25, -0.2) is 0 Å². The minimum Gasteiger partial charge on any atom is -0.396 e. The molecule has 1 fully saturated rings. The Morgan fingerprint density at radius 3 is 2.81 bits per heavy atom. The standard InChI is InChI=1S/C15H14N4OS/c16-7-11-12(17)14(13(20)10-1-2-10)21-15(11)19-8-9-3-5-18-6-4-9/h3-6,10,19H,1-2,8,17H2. The second kappa shape index (κ2) is 5.54. The van der Waals surface area contributed by atoms with Gasteiger partial charge in [0.05, 0.1) is 10.6 Å². The fourth-order valence-corrected chi connectivity index (χ4v) is 3.16. The maximum atomic E-state index is 12.2. The van der Waals surface area contributed by atoms with Crippen LogP contribution in [0.5, 0.6) is 0 Å². The molecule has 5 nitrogen and oxygen atoms in total. The Morgan fingerprint density at radius 2 is 2.19 bits per heavy atom. The van der Waals surface area contributed by atoms with Gasteiger partial charge in [-0.15, -0.1) is 11.3 Å². The van der Waals surface area contributed by atoms with Crippen LogP contribution in [-0.4, -0.2) is 10.8 Å². The lowest BCUT2D eigenvalue weighted by atomic mass is 10.1. The van der Waals surface area contributed by atoms with Crippen LogP contribution in [0.4, 0.5) is 10.7 Å². The van der Waals surface area contributed by atoms with Crippen LogP contribution in [0.2, 0.25) is 0 Å². The molecule has 0 bridgehead atoms. The highest BCUT2D eigenvalue weighted by Gasteiger charge is 2.34. The van der Waals surface area contributed by atoms with E-state index in [9.17, 15) is 10.1 Å². The fraction of sp³-hybridized carbons (Fsp3) is 0.267. The molecule has 0 amide bonds. The second-order valence-corrected chi connectivity index (χ2v) is 6.03. The molecule has 0 aromatic carbocycles. The van der Waals surface area contributed by atoms with Crippen LogP contribution in [0.3, 0.4) is 0 Å². The normalized spacial score (nSPS) is 13.7. The molecule has 106 valence electrons. The van der Waals surface area contributed by atoms with Crippen LogP contribution in [0, 0.1) is 17.2 Å². The lowest BCUT2D eigenvalue weighted by Gasteiger charge is -2.03. The number of carbonyl (C=O) groups excluding carboxylic acids is 1. The van der Waals surface area contributed by atoms with Crippen LogP contribution < -0.4 is 11.1 Å². The van der Waals surface area contributed by atoms with E-state index in [-0.39, 0.29) is 11.7 Å². The molecule has 0 unspecified atom stereocenters. The van der Waals surface area contributed by atoms with Crippen molar-refractivity contribution < 1.29 is 4.79 Å². The predicted molar refractivity (Wildman–Crippen MR) is 82.1 cm³/mol. The van der Waals surface area contributed by atoms with Crippen LogP contribution in [0.1, 0.15) is 33.6 Å². The third-order valence-corrected chi connectivity index (χ3v) is 4.61. The van der Waals surface area contributed by atoms with Crippen molar-refractivity contribution in [1.29, 1.82) is 5.26 Å². The Hall–Kier alpha value is -2.39. The van der Waals surface area contributed by atoms with Crippen LogP contribution in [-0.2, 0) is 6.54 Å². The van der Waals surface area contributed by atoms with E-state index in [1.54, 1.807) is 12.4 Å². The van der Waals surface area contributed by atoms with Crippen LogP contribution in [0.25, 0.3) is 0 Å². The zero-order valence-corrected chi connectivity index (χ0v) is 12.1. The Bertz CT molecular complexity index is 713. The Kier molecular flexibility index (Phi) is 3.59. The van der Waals surface area contributed by atoms with Crippen molar-refractivity contribution in [3.05, 3.63) is 40.5 Å². The number of anilines is 2. The number of nitriles is 1. The van der Waals surface area contributed by atoms with Gasteiger partial charge >= 0.3 is 0 Å². The highest BCUT2D eigenvalue weighted by Crippen LogP contribution is 2.41. The number of ketones is 1. The van der Waals surface area contributed by atoms with Crippen molar-refractivity contribution in [3.63, 3.8) is 0 Å². The number of carbonyl (C=O) groups is 1. The molecule has 0 spiro atoms. The largest absolute Gasteiger partial charge is 0.396 e. The number of hydrogen-bond donors (Lipinski definition) is 2. The average Bonchev–Trinajstić information content (AvgIpc) is 3.30. The van der Waals surface area contributed by atoms with Gasteiger partial charge in [-0.2, -0.15) is 5.26 Å². The first-order chi connectivity index (χ1) is 10.2. The van der Waals surface area contributed by atoms with Crippen LogP contribution in [0.15, 0.2) is 24.5 Å². The zero-order valence-electron chi connectivity index (χ0n) is 11.3. The van der Waals surface area contributed by atoms with E-state index in [0.29, 0.717) is 27.7 Å². The van der Waals surface area contributed by atoms with E-state index in [2.05, 4.69) is 16.4 Å². The van der Waals surface area contributed by atoms with Gasteiger partial charge in [-0.1, -0.05) is 0 Å². The van der Waals surface area contributed by atoms with Gasteiger partial charge in [0.25, 0.3) is 0 Å². The SMILES string of the molecule is N#Cc1c(NCc2ccncc2)sc(C(=O)C2CC2)c1N. The van der Waals surface area contributed by atoms with Crippen LogP contribution >= 0.6 is 11.3 Å². The third-order valence-electron chi connectivity index (χ3n) is 3.43. The number of thiophene rings is 1. The predicted octanol–water partition coefficient (Wildman–Crippen LogP) is 2.80. The summed E-state index contributed by atoms with van der Waals surface area (Å²) in [5.41, 5.74) is 7.71. The van der Waals surface area contributed by atoms with Gasteiger partial charge < -0.3 is 11.1 Å². The number of rotatable bonds is 5. The maximum absolute atomic E-state index is 12.2. The first-order valence-electron chi connectivity index (χ1n) is 6.70. The molecule has 0 radical (unpaired) electrons. The number of pyridine rings is 1. The molecule has 21 heavy (non-hydrogen) atoms. The summed E-state index contributed by atoms with van der Waals surface area (Å²) in [5.74, 6) is 0.177. The number of nitrogens with zero attached hydrogens (tertiary/aromatic N) is 2. The molecular weight excluding hydrogens is 284 g/mol. The molecule has 0 aliphatic heterocycles. The number of aromatic nitrogens is 1. The third kappa shape index (κ3) is 2.73. The van der Waals surface area contributed by atoms with Gasteiger partial charge in [0.2, 0.25) is 0 Å². The minimum atomic E-state index is 0.0750. The lowest BCUT2D eigenvalue weighted by molar-refractivity contribution is 0.0972. The molecule has 1 saturated carbocycles. The van der Waals surface area contributed by atoms with Gasteiger partial charge in [0.1, 0.15) is 16.6 Å². The Balaban J connectivity index is 1.83. The molecule has 2 heterocycles. The summed E-state index contributed by atoms with van der Waals surface area (Å²) in [5, 5.41) is 13.1. The molecule has 2 aromatic heterocycles. The number of nitrogens with two attached hydrogens (primary N) is 1. The van der Waals surface area contributed by atoms with Crippen molar-refractivity contribution >= 4 is 27.8 Å². The number of nitrogen functional groups attached to an aromatic ring is 1. The zero-order chi connectivity index (χ0) is 14.8. The number of nitrogens with one attached hydrogen (secondary N) is 1. The summed E-state index contributed by atoms with van der Waals surface area (Å²) < 4.78 is 0. The molecule has 0 saturated heterocycles. The first-order valence-corrected chi connectivity index (χ1v) is 7.51. The molecule has 6 heteroatoms. The molecule has 0 atom stereocenters. The quantitative estimate of drug-likeness (QED) is 0.828. The van der Waals surface area contributed by atoms with Gasteiger partial charge in [-0.05, 0) is 30.5 Å². The topological polar surface area (TPSA) is 91.8 Å². The molecule has 2 aromatic rings. The maximum Gasteiger partial charge on any atom is 0.178 e. The summed E-state index contributed by atoms with van der Waals surface area (Å²) in [4.78, 5) is 16.6. The summed E-state index contributed by atoms with van der Waals surface area (Å²) in [6.45, 7) is 0.564. The van der Waals surface area contributed by atoms with Crippen molar-refractivity contribution in [2.75, 3.05) is 11.1 Å².